The summed E-state index contributed by atoms with van der Waals surface area (Å²) in [5, 5.41) is 8.69. The lowest BCUT2D eigenvalue weighted by Gasteiger charge is -1.94. The quantitative estimate of drug-likeness (QED) is 0.732. The fraction of sp³-hybridized carbons (Fsp3) is 0. The molecule has 0 aliphatic rings. The third-order valence-electron chi connectivity index (χ3n) is 1.10. The Bertz CT molecular complexity index is 379. The van der Waals surface area contributed by atoms with Gasteiger partial charge in [-0.05, 0) is 22.6 Å². The van der Waals surface area contributed by atoms with Crippen molar-refractivity contribution in [1.82, 2.24) is 4.98 Å². The molecule has 1 rings (SSSR count). The molecule has 0 bridgehead atoms. The number of nitriles is 1. The van der Waals surface area contributed by atoms with Crippen LogP contribution in [0.1, 0.15) is 5.56 Å². The topological polar surface area (TPSA) is 56.6 Å². The first kappa shape index (κ1) is 8.56. The predicted molar refractivity (Wildman–Crippen MR) is 49.5 cm³/mol. The van der Waals surface area contributed by atoms with E-state index in [0.29, 0.717) is 3.57 Å². The highest BCUT2D eigenvalue weighted by Gasteiger charge is 2.06. The number of halogens is 2. The van der Waals surface area contributed by atoms with Crippen LogP contribution in [0.4, 0.5) is 0 Å². The van der Waals surface area contributed by atoms with E-state index in [-0.39, 0.29) is 16.1 Å². The Hall–Kier alpha value is -0.540. The number of aromatic nitrogens is 1. The molecule has 0 atom stereocenters. The Labute approximate surface area is 81.1 Å². The van der Waals surface area contributed by atoms with Crippen molar-refractivity contribution in [3.05, 3.63) is 30.7 Å². The van der Waals surface area contributed by atoms with E-state index in [1.165, 1.54) is 6.20 Å². The van der Waals surface area contributed by atoms with Crippen molar-refractivity contribution in [3.63, 3.8) is 0 Å². The first-order valence-electron chi connectivity index (χ1n) is 2.63. The number of H-pyrrole nitrogens is 1. The highest BCUT2D eigenvalue weighted by atomic mass is 127. The van der Waals surface area contributed by atoms with Crippen molar-refractivity contribution < 1.29 is 0 Å². The molecule has 0 aliphatic carbocycles. The van der Waals surface area contributed by atoms with Crippen molar-refractivity contribution in [2.45, 2.75) is 0 Å². The highest BCUT2D eigenvalue weighted by molar-refractivity contribution is 14.1. The summed E-state index contributed by atoms with van der Waals surface area (Å²) >= 11 is 7.44. The van der Waals surface area contributed by atoms with Gasteiger partial charge in [-0.3, -0.25) is 4.79 Å². The maximum absolute atomic E-state index is 10.9. The minimum atomic E-state index is -0.269. The molecule has 0 aliphatic heterocycles. The van der Waals surface area contributed by atoms with E-state index in [1.807, 2.05) is 6.07 Å². The van der Waals surface area contributed by atoms with Crippen LogP contribution in [0.25, 0.3) is 0 Å². The van der Waals surface area contributed by atoms with Gasteiger partial charge in [-0.25, -0.2) is 0 Å². The van der Waals surface area contributed by atoms with Gasteiger partial charge in [0.25, 0.3) is 5.56 Å². The van der Waals surface area contributed by atoms with E-state index in [1.54, 1.807) is 22.6 Å². The Kier molecular flexibility index (Phi) is 2.52. The Morgan fingerprint density at radius 3 is 2.91 bits per heavy atom. The number of hydrogen-bond donors (Lipinski definition) is 1. The van der Waals surface area contributed by atoms with Crippen LogP contribution in [0.15, 0.2) is 11.0 Å². The second-order valence-electron chi connectivity index (χ2n) is 1.77. The standard InChI is InChI=1S/C6H2ClIN2O/c7-4-3(1-9)2-10-6(11)5(4)8/h2H,(H,10,11). The third kappa shape index (κ3) is 1.54. The zero-order valence-electron chi connectivity index (χ0n) is 5.19. The number of nitrogens with zero attached hydrogens (tertiary/aromatic N) is 1. The molecule has 1 N–H and O–H groups in total. The van der Waals surface area contributed by atoms with Gasteiger partial charge in [0.2, 0.25) is 0 Å². The zero-order valence-corrected chi connectivity index (χ0v) is 8.10. The molecule has 0 aromatic carbocycles. The van der Waals surface area contributed by atoms with Crippen LogP contribution < -0.4 is 5.56 Å². The minimum absolute atomic E-state index is 0.219. The predicted octanol–water partition coefficient (Wildman–Crippen LogP) is 1.50. The number of rotatable bonds is 0. The summed E-state index contributed by atoms with van der Waals surface area (Å²) in [6.07, 6.45) is 1.30. The number of hydrogen-bond acceptors (Lipinski definition) is 2. The zero-order chi connectivity index (χ0) is 8.43. The van der Waals surface area contributed by atoms with E-state index in [9.17, 15) is 4.79 Å². The lowest BCUT2D eigenvalue weighted by atomic mass is 10.3. The second-order valence-corrected chi connectivity index (χ2v) is 3.23. The molecule has 0 fully saturated rings. The van der Waals surface area contributed by atoms with Crippen molar-refractivity contribution in [3.8, 4) is 6.07 Å². The van der Waals surface area contributed by atoms with E-state index in [4.69, 9.17) is 16.9 Å². The van der Waals surface area contributed by atoms with E-state index in [2.05, 4.69) is 4.98 Å². The number of pyridine rings is 1. The Morgan fingerprint density at radius 2 is 2.36 bits per heavy atom. The molecule has 11 heavy (non-hydrogen) atoms. The van der Waals surface area contributed by atoms with Gasteiger partial charge < -0.3 is 4.98 Å². The van der Waals surface area contributed by atoms with Crippen LogP contribution in [0.3, 0.4) is 0 Å². The van der Waals surface area contributed by atoms with Gasteiger partial charge in [0.1, 0.15) is 6.07 Å². The van der Waals surface area contributed by atoms with Crippen LogP contribution in [-0.4, -0.2) is 4.98 Å². The maximum Gasteiger partial charge on any atom is 0.262 e. The third-order valence-corrected chi connectivity index (χ3v) is 2.84. The van der Waals surface area contributed by atoms with Gasteiger partial charge in [-0.2, -0.15) is 5.26 Å². The molecular formula is C6H2ClIN2O. The van der Waals surface area contributed by atoms with Crippen LogP contribution in [0, 0.1) is 14.9 Å². The Balaban J connectivity index is 3.52. The fourth-order valence-corrected chi connectivity index (χ4v) is 1.19. The van der Waals surface area contributed by atoms with E-state index >= 15 is 0 Å². The van der Waals surface area contributed by atoms with Gasteiger partial charge in [0.05, 0.1) is 14.2 Å². The lowest BCUT2D eigenvalue weighted by molar-refractivity contribution is 1.20. The second kappa shape index (κ2) is 3.24. The van der Waals surface area contributed by atoms with Crippen molar-refractivity contribution >= 4 is 34.2 Å². The maximum atomic E-state index is 10.9. The largest absolute Gasteiger partial charge is 0.327 e. The summed E-state index contributed by atoms with van der Waals surface area (Å²) < 4.78 is 0.350. The molecule has 56 valence electrons. The molecule has 0 amide bonds. The molecule has 5 heteroatoms. The summed E-state index contributed by atoms with van der Waals surface area (Å²) in [7, 11) is 0. The molecular weight excluding hydrogens is 278 g/mol. The van der Waals surface area contributed by atoms with E-state index in [0.717, 1.165) is 0 Å². The highest BCUT2D eigenvalue weighted by Crippen LogP contribution is 2.17. The monoisotopic (exact) mass is 280 g/mol. The Morgan fingerprint density at radius 1 is 1.73 bits per heavy atom. The fourth-order valence-electron chi connectivity index (χ4n) is 0.564. The van der Waals surface area contributed by atoms with Crippen LogP contribution in [0.2, 0.25) is 5.02 Å². The summed E-state index contributed by atoms with van der Waals surface area (Å²) in [5.41, 5.74) is 0.0188. The van der Waals surface area contributed by atoms with E-state index < -0.39 is 0 Å². The summed E-state index contributed by atoms with van der Waals surface area (Å²) in [4.78, 5) is 13.2. The SMILES string of the molecule is N#Cc1c[nH]c(=O)c(I)c1Cl. The molecule has 1 aromatic heterocycles. The number of aromatic amines is 1. The molecule has 1 heterocycles. The summed E-state index contributed by atoms with van der Waals surface area (Å²) in [5.74, 6) is 0. The average molecular weight is 280 g/mol. The van der Waals surface area contributed by atoms with Gasteiger partial charge in [-0.15, -0.1) is 0 Å². The van der Waals surface area contributed by atoms with Gasteiger partial charge >= 0.3 is 0 Å². The molecule has 3 nitrogen and oxygen atoms in total. The van der Waals surface area contributed by atoms with Crippen LogP contribution in [-0.2, 0) is 0 Å². The molecule has 0 unspecified atom stereocenters. The van der Waals surface area contributed by atoms with Crippen molar-refractivity contribution in [2.75, 3.05) is 0 Å². The van der Waals surface area contributed by atoms with Crippen LogP contribution in [0.5, 0.6) is 0 Å². The first-order valence-corrected chi connectivity index (χ1v) is 4.09. The molecule has 0 radical (unpaired) electrons. The molecule has 0 spiro atoms. The van der Waals surface area contributed by atoms with Gasteiger partial charge in [-0.1, -0.05) is 11.6 Å². The van der Waals surface area contributed by atoms with Crippen molar-refractivity contribution in [2.24, 2.45) is 0 Å². The minimum Gasteiger partial charge on any atom is -0.327 e. The lowest BCUT2D eigenvalue weighted by Crippen LogP contribution is -2.09. The van der Waals surface area contributed by atoms with Gasteiger partial charge in [0.15, 0.2) is 0 Å². The van der Waals surface area contributed by atoms with Crippen molar-refractivity contribution in [1.29, 1.82) is 5.26 Å². The normalized spacial score (nSPS) is 9.18. The summed E-state index contributed by atoms with van der Waals surface area (Å²) in [6.45, 7) is 0. The number of nitrogens with one attached hydrogen (secondary N) is 1. The first-order chi connectivity index (χ1) is 5.16. The smallest absolute Gasteiger partial charge is 0.262 e. The molecule has 0 saturated heterocycles. The molecule has 1 aromatic rings. The summed E-state index contributed by atoms with van der Waals surface area (Å²) in [6, 6.07) is 1.86. The van der Waals surface area contributed by atoms with Crippen LogP contribution >= 0.6 is 34.2 Å². The molecule has 0 saturated carbocycles. The van der Waals surface area contributed by atoms with Gasteiger partial charge in [0, 0.05) is 6.20 Å². The average Bonchev–Trinajstić information content (AvgIpc) is 2.01.